The van der Waals surface area contributed by atoms with Crippen molar-refractivity contribution in [1.82, 2.24) is 10.2 Å². The number of rotatable bonds is 5. The Kier molecular flexibility index (Phi) is 5.04. The molecule has 0 aliphatic rings. The van der Waals surface area contributed by atoms with Crippen molar-refractivity contribution in [2.75, 3.05) is 5.43 Å². The van der Waals surface area contributed by atoms with Crippen LogP contribution < -0.4 is 5.43 Å². The fraction of sp³-hybridized carbons (Fsp3) is 0.500. The first-order chi connectivity index (χ1) is 7.26. The Labute approximate surface area is 94.7 Å². The first-order valence-corrected chi connectivity index (χ1v) is 5.42. The molecule has 0 aliphatic carbocycles. The molecule has 0 saturated carbocycles. The Balaban J connectivity index is 2.46. The molecule has 5 heteroatoms. The molecule has 1 heterocycles. The number of nitrogens with zero attached hydrogens (tertiary/aromatic N) is 3. The number of hydrogen-bond acceptors (Lipinski definition) is 4. The van der Waals surface area contributed by atoms with Gasteiger partial charge in [-0.2, -0.15) is 5.10 Å². The molecule has 0 saturated heterocycles. The van der Waals surface area contributed by atoms with Crippen molar-refractivity contribution >= 4 is 23.6 Å². The summed E-state index contributed by atoms with van der Waals surface area (Å²) in [7, 11) is 0. The van der Waals surface area contributed by atoms with Gasteiger partial charge < -0.3 is 0 Å². The lowest BCUT2D eigenvalue weighted by Crippen LogP contribution is -2.01. The molecule has 0 atom stereocenters. The largest absolute Gasteiger partial charge is 0.260 e. The third-order valence-corrected chi connectivity index (χ3v) is 2.35. The van der Waals surface area contributed by atoms with Crippen molar-refractivity contribution in [2.24, 2.45) is 11.0 Å². The summed E-state index contributed by atoms with van der Waals surface area (Å²) < 4.78 is 0. The molecule has 0 unspecified atom stereocenters. The first-order valence-electron chi connectivity index (χ1n) is 5.04. The summed E-state index contributed by atoms with van der Waals surface area (Å²) in [5.74, 6) is 1.11. The highest BCUT2D eigenvalue weighted by atomic mass is 35.5. The Bertz CT molecular complexity index is 306. The molecule has 0 bridgehead atoms. The van der Waals surface area contributed by atoms with Crippen LogP contribution in [0.4, 0.5) is 5.82 Å². The molecule has 1 aromatic heterocycles. The van der Waals surface area contributed by atoms with E-state index in [0.29, 0.717) is 16.9 Å². The molecule has 1 N–H and O–H groups in total. The normalized spacial score (nSPS) is 11.2. The highest BCUT2D eigenvalue weighted by Gasteiger charge is 1.98. The number of aromatic nitrogens is 2. The Morgan fingerprint density at radius 2 is 2.13 bits per heavy atom. The van der Waals surface area contributed by atoms with Crippen molar-refractivity contribution < 1.29 is 0 Å². The summed E-state index contributed by atoms with van der Waals surface area (Å²) in [6.45, 7) is 4.28. The van der Waals surface area contributed by atoms with Gasteiger partial charge in [-0.3, -0.25) is 5.43 Å². The van der Waals surface area contributed by atoms with Gasteiger partial charge in [0, 0.05) is 6.21 Å². The summed E-state index contributed by atoms with van der Waals surface area (Å²) in [4.78, 5) is 0. The lowest BCUT2D eigenvalue weighted by Gasteiger charge is -2.04. The standard InChI is InChI=1S/C10H15ClN4/c1-3-8(4-2)7-12-14-10-6-5-9(11)13-15-10/h5-8H,3-4H2,1-2H3,(H,14,15)/b12-7+. The highest BCUT2D eigenvalue weighted by molar-refractivity contribution is 6.29. The summed E-state index contributed by atoms with van der Waals surface area (Å²) in [5.41, 5.74) is 2.81. The smallest absolute Gasteiger partial charge is 0.168 e. The maximum absolute atomic E-state index is 5.60. The van der Waals surface area contributed by atoms with Gasteiger partial charge in [-0.1, -0.05) is 25.4 Å². The minimum Gasteiger partial charge on any atom is -0.260 e. The monoisotopic (exact) mass is 226 g/mol. The summed E-state index contributed by atoms with van der Waals surface area (Å²) in [6.07, 6.45) is 4.08. The Morgan fingerprint density at radius 1 is 1.40 bits per heavy atom. The van der Waals surface area contributed by atoms with Gasteiger partial charge in [-0.05, 0) is 30.9 Å². The second-order valence-electron chi connectivity index (χ2n) is 3.21. The van der Waals surface area contributed by atoms with Crippen molar-refractivity contribution in [3.63, 3.8) is 0 Å². The van der Waals surface area contributed by atoms with E-state index in [0.717, 1.165) is 12.8 Å². The predicted molar refractivity (Wildman–Crippen MR) is 63.2 cm³/mol. The molecule has 0 aromatic carbocycles. The van der Waals surface area contributed by atoms with Crippen LogP contribution in [0.5, 0.6) is 0 Å². The summed E-state index contributed by atoms with van der Waals surface area (Å²) in [5, 5.41) is 12.0. The number of anilines is 1. The van der Waals surface area contributed by atoms with Gasteiger partial charge in [0.25, 0.3) is 0 Å². The molecule has 0 amide bonds. The van der Waals surface area contributed by atoms with Crippen LogP contribution in [0.1, 0.15) is 26.7 Å². The van der Waals surface area contributed by atoms with Gasteiger partial charge in [-0.15, -0.1) is 10.2 Å². The zero-order valence-electron chi connectivity index (χ0n) is 8.94. The van der Waals surface area contributed by atoms with Gasteiger partial charge in [0.05, 0.1) is 0 Å². The van der Waals surface area contributed by atoms with E-state index < -0.39 is 0 Å². The molecular weight excluding hydrogens is 212 g/mol. The van der Waals surface area contributed by atoms with Crippen LogP contribution in [0.25, 0.3) is 0 Å². The molecule has 0 radical (unpaired) electrons. The lowest BCUT2D eigenvalue weighted by atomic mass is 10.1. The average Bonchev–Trinajstić information content (AvgIpc) is 2.27. The van der Waals surface area contributed by atoms with E-state index in [9.17, 15) is 0 Å². The SMILES string of the molecule is CCC(/C=N/Nc1ccc(Cl)nn1)CC. The number of hydrogen-bond donors (Lipinski definition) is 1. The lowest BCUT2D eigenvalue weighted by molar-refractivity contribution is 0.654. The topological polar surface area (TPSA) is 50.2 Å². The van der Waals surface area contributed by atoms with Gasteiger partial charge in [-0.25, -0.2) is 0 Å². The zero-order valence-corrected chi connectivity index (χ0v) is 9.70. The van der Waals surface area contributed by atoms with Gasteiger partial charge in [0.2, 0.25) is 0 Å². The fourth-order valence-corrected chi connectivity index (χ4v) is 1.18. The maximum Gasteiger partial charge on any atom is 0.168 e. The second kappa shape index (κ2) is 6.35. The second-order valence-corrected chi connectivity index (χ2v) is 3.60. The van der Waals surface area contributed by atoms with Gasteiger partial charge in [0.15, 0.2) is 11.0 Å². The summed E-state index contributed by atoms with van der Waals surface area (Å²) >= 11 is 5.60. The van der Waals surface area contributed by atoms with Gasteiger partial charge in [0.1, 0.15) is 0 Å². The zero-order chi connectivity index (χ0) is 11.1. The average molecular weight is 227 g/mol. The van der Waals surface area contributed by atoms with Crippen LogP contribution in [0.15, 0.2) is 17.2 Å². The van der Waals surface area contributed by atoms with E-state index in [-0.39, 0.29) is 0 Å². The molecule has 82 valence electrons. The Hall–Kier alpha value is -1.16. The van der Waals surface area contributed by atoms with Crippen molar-refractivity contribution in [1.29, 1.82) is 0 Å². The molecule has 4 nitrogen and oxygen atoms in total. The minimum absolute atomic E-state index is 0.379. The van der Waals surface area contributed by atoms with E-state index >= 15 is 0 Å². The fourth-order valence-electron chi connectivity index (χ4n) is 1.08. The van der Waals surface area contributed by atoms with Crippen LogP contribution in [-0.2, 0) is 0 Å². The van der Waals surface area contributed by atoms with E-state index in [2.05, 4.69) is 34.6 Å². The third kappa shape index (κ3) is 4.25. The van der Waals surface area contributed by atoms with Crippen LogP contribution in [-0.4, -0.2) is 16.4 Å². The molecule has 15 heavy (non-hydrogen) atoms. The number of nitrogens with one attached hydrogen (secondary N) is 1. The molecule has 0 spiro atoms. The predicted octanol–water partition coefficient (Wildman–Crippen LogP) is 2.96. The van der Waals surface area contributed by atoms with Gasteiger partial charge >= 0.3 is 0 Å². The van der Waals surface area contributed by atoms with Crippen LogP contribution in [0.2, 0.25) is 5.15 Å². The highest BCUT2D eigenvalue weighted by Crippen LogP contribution is 2.07. The van der Waals surface area contributed by atoms with E-state index in [4.69, 9.17) is 11.6 Å². The molecule has 1 aromatic rings. The van der Waals surface area contributed by atoms with Crippen LogP contribution in [0, 0.1) is 5.92 Å². The van der Waals surface area contributed by atoms with E-state index in [1.807, 2.05) is 6.21 Å². The molecule has 0 fully saturated rings. The van der Waals surface area contributed by atoms with E-state index in [1.54, 1.807) is 12.1 Å². The summed E-state index contributed by atoms with van der Waals surface area (Å²) in [6, 6.07) is 3.41. The first kappa shape index (κ1) is 11.9. The third-order valence-electron chi connectivity index (χ3n) is 2.15. The quantitative estimate of drug-likeness (QED) is 0.620. The van der Waals surface area contributed by atoms with Crippen LogP contribution >= 0.6 is 11.6 Å². The maximum atomic E-state index is 5.60. The van der Waals surface area contributed by atoms with Crippen molar-refractivity contribution in [3.05, 3.63) is 17.3 Å². The molecule has 0 aliphatic heterocycles. The van der Waals surface area contributed by atoms with Crippen molar-refractivity contribution in [2.45, 2.75) is 26.7 Å². The van der Waals surface area contributed by atoms with E-state index in [1.165, 1.54) is 0 Å². The Morgan fingerprint density at radius 3 is 2.67 bits per heavy atom. The van der Waals surface area contributed by atoms with Crippen molar-refractivity contribution in [3.8, 4) is 0 Å². The molecular formula is C10H15ClN4. The number of hydrazone groups is 1. The van der Waals surface area contributed by atoms with Crippen LogP contribution in [0.3, 0.4) is 0 Å². The minimum atomic E-state index is 0.379. The number of halogens is 1. The molecule has 1 rings (SSSR count).